The molecule has 0 spiro atoms. The fourth-order valence-corrected chi connectivity index (χ4v) is 1.37. The molecule has 0 aromatic carbocycles. The normalized spacial score (nSPS) is 10.4. The lowest BCUT2D eigenvalue weighted by Crippen LogP contribution is -2.40. The van der Waals surface area contributed by atoms with E-state index in [9.17, 15) is 14.4 Å². The average Bonchev–Trinajstić information content (AvgIpc) is 2.24. The maximum atomic E-state index is 11.6. The van der Waals surface area contributed by atoms with Crippen molar-refractivity contribution in [2.45, 2.75) is 19.9 Å². The van der Waals surface area contributed by atoms with Gasteiger partial charge < -0.3 is 5.11 Å². The van der Waals surface area contributed by atoms with Crippen LogP contribution in [0.4, 0.5) is 0 Å². The van der Waals surface area contributed by atoms with Gasteiger partial charge in [0, 0.05) is 26.4 Å². The third-order valence-corrected chi connectivity index (χ3v) is 2.29. The van der Waals surface area contributed by atoms with Gasteiger partial charge in [0.1, 0.15) is 0 Å². The second kappa shape index (κ2) is 4.89. The molecule has 0 bridgehead atoms. The molecule has 6 nitrogen and oxygen atoms in total. The number of aliphatic hydroxyl groups excluding tert-OH is 1. The summed E-state index contributed by atoms with van der Waals surface area (Å²) in [6.07, 6.45) is 1.65. The summed E-state index contributed by atoms with van der Waals surface area (Å²) in [4.78, 5) is 34.3. The highest BCUT2D eigenvalue weighted by Gasteiger charge is 2.11. The van der Waals surface area contributed by atoms with E-state index in [0.717, 1.165) is 4.57 Å². The topological polar surface area (TPSA) is 81.3 Å². The van der Waals surface area contributed by atoms with Gasteiger partial charge in [-0.15, -0.1) is 0 Å². The largest absolute Gasteiger partial charge is 0.396 e. The Morgan fingerprint density at radius 3 is 2.56 bits per heavy atom. The van der Waals surface area contributed by atoms with E-state index in [1.807, 2.05) is 0 Å². The Hall–Kier alpha value is -1.69. The van der Waals surface area contributed by atoms with Crippen LogP contribution in [0.1, 0.15) is 23.7 Å². The summed E-state index contributed by atoms with van der Waals surface area (Å²) >= 11 is 0. The lowest BCUT2D eigenvalue weighted by molar-refractivity contribution is 0.101. The first-order valence-electron chi connectivity index (χ1n) is 4.91. The van der Waals surface area contributed by atoms with Crippen LogP contribution >= 0.6 is 0 Å². The number of hydrogen-bond acceptors (Lipinski definition) is 4. The van der Waals surface area contributed by atoms with Gasteiger partial charge in [0.2, 0.25) is 0 Å². The number of Topliss-reactive ketones (excluding diaryl/α,β-unsaturated/α-hetero) is 1. The maximum absolute atomic E-state index is 11.6. The predicted molar refractivity (Wildman–Crippen MR) is 57.7 cm³/mol. The summed E-state index contributed by atoms with van der Waals surface area (Å²) in [7, 11) is 1.33. The molecule has 16 heavy (non-hydrogen) atoms. The van der Waals surface area contributed by atoms with Crippen molar-refractivity contribution >= 4 is 5.78 Å². The monoisotopic (exact) mass is 226 g/mol. The highest BCUT2D eigenvalue weighted by atomic mass is 16.3. The van der Waals surface area contributed by atoms with Gasteiger partial charge in [-0.05, 0) is 13.3 Å². The summed E-state index contributed by atoms with van der Waals surface area (Å²) in [5.74, 6) is -0.377. The van der Waals surface area contributed by atoms with Gasteiger partial charge in [0.15, 0.2) is 5.78 Å². The molecule has 1 heterocycles. The molecular formula is C10H14N2O4. The average molecular weight is 226 g/mol. The van der Waals surface area contributed by atoms with Gasteiger partial charge in [0.25, 0.3) is 5.56 Å². The Morgan fingerprint density at radius 1 is 1.44 bits per heavy atom. The van der Waals surface area contributed by atoms with Crippen LogP contribution in [0.5, 0.6) is 0 Å². The van der Waals surface area contributed by atoms with E-state index in [1.54, 1.807) is 0 Å². The minimum Gasteiger partial charge on any atom is -0.396 e. The first kappa shape index (κ1) is 12.4. The van der Waals surface area contributed by atoms with Crippen LogP contribution < -0.4 is 11.2 Å². The molecule has 0 saturated heterocycles. The Balaban J connectivity index is 3.36. The van der Waals surface area contributed by atoms with Crippen molar-refractivity contribution in [3.05, 3.63) is 32.6 Å². The predicted octanol–water partition coefficient (Wildman–Crippen LogP) is -0.868. The van der Waals surface area contributed by atoms with Gasteiger partial charge in [-0.1, -0.05) is 0 Å². The number of carbonyl (C=O) groups is 1. The molecule has 0 aliphatic carbocycles. The molecule has 6 heteroatoms. The van der Waals surface area contributed by atoms with E-state index < -0.39 is 11.2 Å². The van der Waals surface area contributed by atoms with Crippen molar-refractivity contribution in [2.24, 2.45) is 7.05 Å². The zero-order valence-corrected chi connectivity index (χ0v) is 9.27. The molecule has 0 radical (unpaired) electrons. The molecule has 1 aromatic rings. The number of rotatable bonds is 4. The smallest absolute Gasteiger partial charge is 0.330 e. The van der Waals surface area contributed by atoms with Gasteiger partial charge in [0.05, 0.1) is 5.56 Å². The number of ketones is 1. The third kappa shape index (κ3) is 2.27. The van der Waals surface area contributed by atoms with Crippen LogP contribution in [0.3, 0.4) is 0 Å². The second-order valence-electron chi connectivity index (χ2n) is 3.52. The van der Waals surface area contributed by atoms with Crippen molar-refractivity contribution in [1.29, 1.82) is 0 Å². The van der Waals surface area contributed by atoms with E-state index in [2.05, 4.69) is 0 Å². The molecule has 0 unspecified atom stereocenters. The number of carbonyl (C=O) groups excluding carboxylic acids is 1. The van der Waals surface area contributed by atoms with E-state index in [0.29, 0.717) is 6.42 Å². The summed E-state index contributed by atoms with van der Waals surface area (Å²) < 4.78 is 2.16. The molecule has 0 atom stereocenters. The zero-order valence-electron chi connectivity index (χ0n) is 9.27. The number of hydrogen-bond donors (Lipinski definition) is 1. The molecule has 88 valence electrons. The molecule has 0 aliphatic heterocycles. The molecule has 0 aliphatic rings. The van der Waals surface area contributed by atoms with Gasteiger partial charge in [-0.2, -0.15) is 0 Å². The first-order valence-corrected chi connectivity index (χ1v) is 4.91. The molecule has 0 fully saturated rings. The van der Waals surface area contributed by atoms with E-state index in [1.165, 1.54) is 24.7 Å². The van der Waals surface area contributed by atoms with E-state index in [-0.39, 0.29) is 24.5 Å². The minimum absolute atomic E-state index is 0.0139. The Morgan fingerprint density at radius 2 is 2.06 bits per heavy atom. The minimum atomic E-state index is -0.585. The lowest BCUT2D eigenvalue weighted by Gasteiger charge is -2.08. The molecule has 1 rings (SSSR count). The number of aromatic nitrogens is 2. The first-order chi connectivity index (χ1) is 7.49. The number of nitrogens with zero attached hydrogens (tertiary/aromatic N) is 2. The molecular weight excluding hydrogens is 212 g/mol. The van der Waals surface area contributed by atoms with Crippen molar-refractivity contribution < 1.29 is 9.90 Å². The van der Waals surface area contributed by atoms with Crippen LogP contribution in [0.2, 0.25) is 0 Å². The van der Waals surface area contributed by atoms with E-state index in [4.69, 9.17) is 5.11 Å². The van der Waals surface area contributed by atoms with Crippen LogP contribution in [-0.2, 0) is 13.6 Å². The molecule has 0 amide bonds. The van der Waals surface area contributed by atoms with Crippen LogP contribution in [0.15, 0.2) is 15.8 Å². The van der Waals surface area contributed by atoms with Gasteiger partial charge in [-0.25, -0.2) is 4.79 Å². The second-order valence-corrected chi connectivity index (χ2v) is 3.52. The van der Waals surface area contributed by atoms with Gasteiger partial charge in [-0.3, -0.25) is 18.7 Å². The summed E-state index contributed by atoms with van der Waals surface area (Å²) in [5.41, 5.74) is -1.08. The molecule has 1 aromatic heterocycles. The molecule has 0 saturated carbocycles. The van der Waals surface area contributed by atoms with Crippen molar-refractivity contribution in [3.8, 4) is 0 Å². The standard InChI is InChI=1S/C10H14N2O4/c1-7(14)8-6-12(4-3-5-13)10(16)11(2)9(8)15/h6,13H,3-5H2,1-2H3. The summed E-state index contributed by atoms with van der Waals surface area (Å²) in [6, 6.07) is 0. The van der Waals surface area contributed by atoms with Crippen molar-refractivity contribution in [3.63, 3.8) is 0 Å². The maximum Gasteiger partial charge on any atom is 0.330 e. The summed E-state index contributed by atoms with van der Waals surface area (Å²) in [6.45, 7) is 1.51. The fraction of sp³-hybridized carbons (Fsp3) is 0.500. The van der Waals surface area contributed by atoms with Crippen LogP contribution in [0, 0.1) is 0 Å². The van der Waals surface area contributed by atoms with Crippen LogP contribution in [-0.4, -0.2) is 26.6 Å². The number of aryl methyl sites for hydroxylation is 1. The highest BCUT2D eigenvalue weighted by Crippen LogP contribution is 1.92. The Kier molecular flexibility index (Phi) is 3.78. The summed E-state index contributed by atoms with van der Waals surface area (Å²) in [5, 5.41) is 8.67. The number of aliphatic hydroxyl groups is 1. The van der Waals surface area contributed by atoms with E-state index >= 15 is 0 Å². The lowest BCUT2D eigenvalue weighted by atomic mass is 10.2. The van der Waals surface area contributed by atoms with Crippen LogP contribution in [0.25, 0.3) is 0 Å². The van der Waals surface area contributed by atoms with Crippen molar-refractivity contribution in [2.75, 3.05) is 6.61 Å². The SMILES string of the molecule is CC(=O)c1cn(CCCO)c(=O)n(C)c1=O. The Labute approximate surface area is 91.8 Å². The molecule has 1 N–H and O–H groups in total. The van der Waals surface area contributed by atoms with Crippen molar-refractivity contribution in [1.82, 2.24) is 9.13 Å². The highest BCUT2D eigenvalue weighted by molar-refractivity contribution is 5.93. The zero-order chi connectivity index (χ0) is 12.3. The van der Waals surface area contributed by atoms with Gasteiger partial charge >= 0.3 is 5.69 Å². The fourth-order valence-electron chi connectivity index (χ4n) is 1.37. The quantitative estimate of drug-likeness (QED) is 0.677. The third-order valence-electron chi connectivity index (χ3n) is 2.29. The Bertz CT molecular complexity index is 513.